The Hall–Kier alpha value is -1.50. The highest BCUT2D eigenvalue weighted by Gasteiger charge is 2.21. The van der Waals surface area contributed by atoms with Gasteiger partial charge in [-0.3, -0.25) is 9.59 Å². The fourth-order valence-corrected chi connectivity index (χ4v) is 2.24. The summed E-state index contributed by atoms with van der Waals surface area (Å²) in [5.74, 6) is 0.892. The minimum absolute atomic E-state index is 0.118. The Morgan fingerprint density at radius 3 is 2.63 bits per heavy atom. The lowest BCUT2D eigenvalue weighted by Gasteiger charge is -2.22. The normalized spacial score (nSPS) is 12.4. The average molecular weight is 284 g/mol. The van der Waals surface area contributed by atoms with E-state index in [1.165, 1.54) is 11.8 Å². The van der Waals surface area contributed by atoms with E-state index in [0.29, 0.717) is 0 Å². The summed E-state index contributed by atoms with van der Waals surface area (Å²) >= 11 is 1.21. The molecule has 0 radical (unpaired) electrons. The number of rotatable bonds is 7. The maximum Gasteiger partial charge on any atom is 0.230 e. The minimum atomic E-state index is -0.415. The first kappa shape index (κ1) is 15.6. The van der Waals surface area contributed by atoms with Gasteiger partial charge < -0.3 is 15.6 Å². The number of nitrogens with two attached hydrogens (primary N) is 1. The van der Waals surface area contributed by atoms with Gasteiger partial charge in [-0.25, -0.2) is 4.98 Å². The number of carbonyl (C=O) groups excluding carboxylic acids is 2. The molecule has 1 heterocycles. The lowest BCUT2D eigenvalue weighted by molar-refractivity contribution is -0.119. The van der Waals surface area contributed by atoms with Crippen LogP contribution < -0.4 is 11.1 Å². The molecule has 0 fully saturated rings. The molecule has 1 aromatic heterocycles. The van der Waals surface area contributed by atoms with E-state index in [9.17, 15) is 9.59 Å². The molecular formula is C12H20N4O2S. The van der Waals surface area contributed by atoms with Crippen LogP contribution in [0.2, 0.25) is 0 Å². The van der Waals surface area contributed by atoms with Gasteiger partial charge in [-0.1, -0.05) is 13.8 Å². The molecule has 0 saturated carbocycles. The quantitative estimate of drug-likeness (QED) is 0.761. The maximum absolute atomic E-state index is 11.8. The van der Waals surface area contributed by atoms with Gasteiger partial charge in [0, 0.05) is 19.4 Å². The maximum atomic E-state index is 11.8. The van der Waals surface area contributed by atoms with E-state index in [4.69, 9.17) is 5.73 Å². The van der Waals surface area contributed by atoms with Crippen molar-refractivity contribution in [2.75, 3.05) is 11.5 Å². The average Bonchev–Trinajstić information content (AvgIpc) is 2.71. The summed E-state index contributed by atoms with van der Waals surface area (Å²) in [7, 11) is 1.89. The van der Waals surface area contributed by atoms with E-state index >= 15 is 0 Å². The van der Waals surface area contributed by atoms with Crippen molar-refractivity contribution < 1.29 is 9.59 Å². The molecule has 0 aliphatic carbocycles. The van der Waals surface area contributed by atoms with Gasteiger partial charge in [-0.15, -0.1) is 11.8 Å². The van der Waals surface area contributed by atoms with Crippen LogP contribution in [-0.4, -0.2) is 32.9 Å². The number of primary amides is 1. The molecule has 1 rings (SSSR count). The zero-order valence-corrected chi connectivity index (χ0v) is 12.2. The van der Waals surface area contributed by atoms with E-state index in [2.05, 4.69) is 10.3 Å². The number of aryl methyl sites for hydroxylation is 1. The second-order valence-electron chi connectivity index (χ2n) is 4.64. The molecule has 7 heteroatoms. The third-order valence-electron chi connectivity index (χ3n) is 2.60. The van der Waals surface area contributed by atoms with Crippen LogP contribution in [-0.2, 0) is 16.6 Å². The minimum Gasteiger partial charge on any atom is -0.369 e. The van der Waals surface area contributed by atoms with E-state index in [0.717, 1.165) is 5.82 Å². The standard InChI is InChI=1S/C12H20N4O2S/c1-8(2)11(12-14-4-5-16(12)3)15-10(18)7-19-6-9(13)17/h4-5,8,11H,6-7H2,1-3H3,(H2,13,17)(H,15,18)/t11-/m1/s1. The van der Waals surface area contributed by atoms with Crippen LogP contribution >= 0.6 is 11.8 Å². The Morgan fingerprint density at radius 1 is 1.47 bits per heavy atom. The van der Waals surface area contributed by atoms with Crippen molar-refractivity contribution in [2.24, 2.45) is 18.7 Å². The van der Waals surface area contributed by atoms with Crippen molar-refractivity contribution in [3.8, 4) is 0 Å². The van der Waals surface area contributed by atoms with E-state index in [-0.39, 0.29) is 29.4 Å². The van der Waals surface area contributed by atoms with Crippen LogP contribution in [0.3, 0.4) is 0 Å². The first-order chi connectivity index (χ1) is 8.91. The number of imidazole rings is 1. The topological polar surface area (TPSA) is 90.0 Å². The molecule has 1 atom stereocenters. The van der Waals surface area contributed by atoms with Crippen LogP contribution in [0.15, 0.2) is 12.4 Å². The van der Waals surface area contributed by atoms with Crippen LogP contribution in [0.25, 0.3) is 0 Å². The first-order valence-corrected chi connectivity index (χ1v) is 7.20. The third kappa shape index (κ3) is 4.94. The van der Waals surface area contributed by atoms with Gasteiger partial charge in [0.1, 0.15) is 5.82 Å². The fourth-order valence-electron chi connectivity index (χ4n) is 1.67. The highest BCUT2D eigenvalue weighted by molar-refractivity contribution is 8.00. The molecule has 106 valence electrons. The van der Waals surface area contributed by atoms with Crippen LogP contribution in [0.4, 0.5) is 0 Å². The number of carbonyl (C=O) groups is 2. The number of nitrogens with one attached hydrogen (secondary N) is 1. The summed E-state index contributed by atoms with van der Waals surface area (Å²) in [6.45, 7) is 4.05. The van der Waals surface area contributed by atoms with Crippen molar-refractivity contribution >= 4 is 23.6 Å². The van der Waals surface area contributed by atoms with Crippen LogP contribution in [0.1, 0.15) is 25.7 Å². The Morgan fingerprint density at radius 2 is 2.16 bits per heavy atom. The number of hydrogen-bond acceptors (Lipinski definition) is 4. The van der Waals surface area contributed by atoms with Gasteiger partial charge in [-0.2, -0.15) is 0 Å². The molecule has 0 aromatic carbocycles. The highest BCUT2D eigenvalue weighted by Crippen LogP contribution is 2.19. The summed E-state index contributed by atoms with van der Waals surface area (Å²) in [6, 6.07) is -0.137. The predicted molar refractivity (Wildman–Crippen MR) is 75.4 cm³/mol. The van der Waals surface area contributed by atoms with Crippen LogP contribution in [0, 0.1) is 5.92 Å². The smallest absolute Gasteiger partial charge is 0.230 e. The number of nitrogens with zero attached hydrogens (tertiary/aromatic N) is 2. The molecule has 6 nitrogen and oxygen atoms in total. The largest absolute Gasteiger partial charge is 0.369 e. The number of aromatic nitrogens is 2. The summed E-state index contributed by atoms with van der Waals surface area (Å²) in [5, 5.41) is 2.94. The monoisotopic (exact) mass is 284 g/mol. The number of amides is 2. The molecule has 2 amide bonds. The molecule has 1 aromatic rings. The highest BCUT2D eigenvalue weighted by atomic mass is 32.2. The van der Waals surface area contributed by atoms with Crippen molar-refractivity contribution in [1.29, 1.82) is 0 Å². The van der Waals surface area contributed by atoms with E-state index in [1.807, 2.05) is 31.7 Å². The molecule has 0 aliphatic rings. The second-order valence-corrected chi connectivity index (χ2v) is 5.63. The fraction of sp³-hybridized carbons (Fsp3) is 0.583. The lowest BCUT2D eigenvalue weighted by Crippen LogP contribution is -2.34. The predicted octanol–water partition coefficient (Wildman–Crippen LogP) is 0.452. The molecule has 0 saturated heterocycles. The SMILES string of the molecule is CC(C)[C@@H](NC(=O)CSCC(N)=O)c1nccn1C. The van der Waals surface area contributed by atoms with Crippen molar-refractivity contribution in [3.05, 3.63) is 18.2 Å². The zero-order chi connectivity index (χ0) is 14.4. The van der Waals surface area contributed by atoms with Gasteiger partial charge in [0.2, 0.25) is 11.8 Å². The van der Waals surface area contributed by atoms with Gasteiger partial charge >= 0.3 is 0 Å². The van der Waals surface area contributed by atoms with E-state index < -0.39 is 5.91 Å². The van der Waals surface area contributed by atoms with E-state index in [1.54, 1.807) is 6.20 Å². The van der Waals surface area contributed by atoms with Gasteiger partial charge in [-0.05, 0) is 5.92 Å². The molecule has 19 heavy (non-hydrogen) atoms. The van der Waals surface area contributed by atoms with Crippen molar-refractivity contribution in [2.45, 2.75) is 19.9 Å². The number of thioether (sulfide) groups is 1. The first-order valence-electron chi connectivity index (χ1n) is 6.04. The Labute approximate surface area is 117 Å². The third-order valence-corrected chi connectivity index (χ3v) is 3.55. The van der Waals surface area contributed by atoms with Crippen molar-refractivity contribution in [1.82, 2.24) is 14.9 Å². The lowest BCUT2D eigenvalue weighted by atomic mass is 10.0. The summed E-state index contributed by atoms with van der Waals surface area (Å²) in [4.78, 5) is 26.7. The molecule has 0 unspecified atom stereocenters. The molecule has 0 aliphatic heterocycles. The Bertz CT molecular complexity index is 445. The van der Waals surface area contributed by atoms with Gasteiger partial charge in [0.15, 0.2) is 0 Å². The van der Waals surface area contributed by atoms with Gasteiger partial charge in [0.05, 0.1) is 17.5 Å². The molecule has 3 N–H and O–H groups in total. The molecule has 0 spiro atoms. The van der Waals surface area contributed by atoms with Gasteiger partial charge in [0.25, 0.3) is 0 Å². The summed E-state index contributed by atoms with van der Waals surface area (Å²) in [6.07, 6.45) is 3.55. The Balaban J connectivity index is 2.58. The summed E-state index contributed by atoms with van der Waals surface area (Å²) < 4.78 is 1.89. The Kier molecular flexibility index (Phi) is 5.88. The zero-order valence-electron chi connectivity index (χ0n) is 11.4. The van der Waals surface area contributed by atoms with Crippen LogP contribution in [0.5, 0.6) is 0 Å². The molecular weight excluding hydrogens is 264 g/mol. The summed E-state index contributed by atoms with van der Waals surface area (Å²) in [5.41, 5.74) is 5.02. The molecule has 0 bridgehead atoms. The second kappa shape index (κ2) is 7.18. The number of hydrogen-bond donors (Lipinski definition) is 2. The van der Waals surface area contributed by atoms with Crippen molar-refractivity contribution in [3.63, 3.8) is 0 Å².